The van der Waals surface area contributed by atoms with E-state index in [4.69, 9.17) is 9.47 Å². The summed E-state index contributed by atoms with van der Waals surface area (Å²) in [4.78, 5) is 15.3. The molecule has 1 aliphatic rings. The number of methoxy groups -OCH3 is 2. The van der Waals surface area contributed by atoms with Crippen molar-refractivity contribution >= 4 is 5.91 Å². The summed E-state index contributed by atoms with van der Waals surface area (Å²) in [5.74, 6) is 1.54. The summed E-state index contributed by atoms with van der Waals surface area (Å²) in [6.07, 6.45) is 4.91. The molecule has 25 heavy (non-hydrogen) atoms. The maximum atomic E-state index is 12.8. The molecule has 0 bridgehead atoms. The van der Waals surface area contributed by atoms with Crippen molar-refractivity contribution in [1.82, 2.24) is 10.2 Å². The first-order valence-corrected chi connectivity index (χ1v) is 9.30. The van der Waals surface area contributed by atoms with Crippen molar-refractivity contribution in [2.24, 2.45) is 5.92 Å². The Bertz CT molecular complexity index is 532. The highest BCUT2D eigenvalue weighted by atomic mass is 16.5. The number of benzene rings is 1. The Hall–Kier alpha value is -1.75. The van der Waals surface area contributed by atoms with Crippen LogP contribution in [-0.2, 0) is 0 Å². The number of hydrogen-bond donors (Lipinski definition) is 1. The van der Waals surface area contributed by atoms with Crippen molar-refractivity contribution in [2.75, 3.05) is 33.9 Å². The lowest BCUT2D eigenvalue weighted by atomic mass is 9.99. The molecule has 1 fully saturated rings. The van der Waals surface area contributed by atoms with Crippen molar-refractivity contribution in [2.45, 2.75) is 45.6 Å². The number of hydrogen-bond acceptors (Lipinski definition) is 4. The van der Waals surface area contributed by atoms with E-state index in [-0.39, 0.29) is 5.91 Å². The molecule has 0 spiro atoms. The highest BCUT2D eigenvalue weighted by Gasteiger charge is 2.24. The van der Waals surface area contributed by atoms with Gasteiger partial charge in [-0.05, 0) is 50.4 Å². The zero-order valence-electron chi connectivity index (χ0n) is 16.0. The summed E-state index contributed by atoms with van der Waals surface area (Å²) >= 11 is 0. The molecule has 2 rings (SSSR count). The van der Waals surface area contributed by atoms with Gasteiger partial charge in [-0.1, -0.05) is 26.3 Å². The molecule has 5 nitrogen and oxygen atoms in total. The first-order chi connectivity index (χ1) is 12.1. The third kappa shape index (κ3) is 5.36. The maximum absolute atomic E-state index is 12.8. The quantitative estimate of drug-likeness (QED) is 0.783. The van der Waals surface area contributed by atoms with Crippen molar-refractivity contribution in [3.8, 4) is 11.5 Å². The summed E-state index contributed by atoms with van der Waals surface area (Å²) in [5.41, 5.74) is 0.467. The van der Waals surface area contributed by atoms with Gasteiger partial charge < -0.3 is 14.8 Å². The van der Waals surface area contributed by atoms with Crippen molar-refractivity contribution in [1.29, 1.82) is 0 Å². The lowest BCUT2D eigenvalue weighted by Crippen LogP contribution is -2.46. The van der Waals surface area contributed by atoms with Gasteiger partial charge in [0.2, 0.25) is 0 Å². The minimum Gasteiger partial charge on any atom is -0.496 e. The predicted molar refractivity (Wildman–Crippen MR) is 101 cm³/mol. The minimum absolute atomic E-state index is 0.139. The van der Waals surface area contributed by atoms with E-state index >= 15 is 0 Å². The smallest absolute Gasteiger partial charge is 0.258 e. The average Bonchev–Trinajstić information content (AvgIpc) is 2.64. The van der Waals surface area contributed by atoms with E-state index in [1.807, 2.05) is 6.07 Å². The van der Waals surface area contributed by atoms with E-state index in [9.17, 15) is 4.79 Å². The molecule has 1 aliphatic heterocycles. The molecule has 1 aromatic rings. The number of nitrogens with zero attached hydrogens (tertiary/aromatic N) is 1. The standard InChI is InChI=1S/C20H32N2O3/c1-15(2)13-16(22-11-6-5-7-12-22)14-21-20(23)19-17(24-3)9-8-10-18(19)25-4/h8-10,15-16H,5-7,11-14H2,1-4H3,(H,21,23). The van der Waals surface area contributed by atoms with Crippen molar-refractivity contribution < 1.29 is 14.3 Å². The Labute approximate surface area is 151 Å². The minimum atomic E-state index is -0.139. The highest BCUT2D eigenvalue weighted by Crippen LogP contribution is 2.28. The summed E-state index contributed by atoms with van der Waals surface area (Å²) in [5, 5.41) is 3.11. The van der Waals surface area contributed by atoms with Gasteiger partial charge in [0.05, 0.1) is 14.2 Å². The molecule has 0 radical (unpaired) electrons. The molecule has 1 aromatic carbocycles. The lowest BCUT2D eigenvalue weighted by Gasteiger charge is -2.35. The van der Waals surface area contributed by atoms with Crippen molar-refractivity contribution in [3.05, 3.63) is 23.8 Å². The van der Waals surface area contributed by atoms with Crippen LogP contribution >= 0.6 is 0 Å². The molecule has 140 valence electrons. The predicted octanol–water partition coefficient (Wildman–Crippen LogP) is 3.33. The average molecular weight is 348 g/mol. The molecule has 0 saturated carbocycles. The third-order valence-electron chi connectivity index (χ3n) is 4.80. The number of ether oxygens (including phenoxy) is 2. The van der Waals surface area contributed by atoms with Crippen LogP contribution < -0.4 is 14.8 Å². The molecule has 1 amide bonds. The summed E-state index contributed by atoms with van der Waals surface area (Å²) in [6.45, 7) is 7.39. The zero-order valence-corrected chi connectivity index (χ0v) is 16.0. The number of amides is 1. The molecule has 1 unspecified atom stereocenters. The Balaban J connectivity index is 2.07. The zero-order chi connectivity index (χ0) is 18.2. The molecule has 1 saturated heterocycles. The van der Waals surface area contributed by atoms with Gasteiger partial charge in [-0.25, -0.2) is 0 Å². The molecule has 5 heteroatoms. The van der Waals surface area contributed by atoms with E-state index in [1.165, 1.54) is 19.3 Å². The Kier molecular flexibility index (Phi) is 7.56. The highest BCUT2D eigenvalue weighted by molar-refractivity contribution is 5.99. The molecular formula is C20H32N2O3. The molecule has 0 aromatic heterocycles. The number of piperidine rings is 1. The van der Waals surface area contributed by atoms with Crippen LogP contribution in [0, 0.1) is 5.92 Å². The molecule has 1 heterocycles. The van der Waals surface area contributed by atoms with Crippen LogP contribution in [0.25, 0.3) is 0 Å². The number of nitrogens with one attached hydrogen (secondary N) is 1. The van der Waals surface area contributed by atoms with E-state index in [1.54, 1.807) is 26.4 Å². The van der Waals surface area contributed by atoms with Crippen LogP contribution in [0.3, 0.4) is 0 Å². The maximum Gasteiger partial charge on any atom is 0.258 e. The van der Waals surface area contributed by atoms with E-state index in [0.717, 1.165) is 19.5 Å². The normalized spacial score (nSPS) is 16.5. The van der Waals surface area contributed by atoms with Crippen LogP contribution in [0.5, 0.6) is 11.5 Å². The monoisotopic (exact) mass is 348 g/mol. The van der Waals surface area contributed by atoms with Crippen LogP contribution in [0.15, 0.2) is 18.2 Å². The van der Waals surface area contributed by atoms with Crippen LogP contribution in [0.2, 0.25) is 0 Å². The van der Waals surface area contributed by atoms with Gasteiger partial charge in [0, 0.05) is 12.6 Å². The van der Waals surface area contributed by atoms with E-state index in [2.05, 4.69) is 24.1 Å². The van der Waals surface area contributed by atoms with Gasteiger partial charge in [-0.2, -0.15) is 0 Å². The van der Waals surface area contributed by atoms with Gasteiger partial charge >= 0.3 is 0 Å². The number of likely N-dealkylation sites (tertiary alicyclic amines) is 1. The summed E-state index contributed by atoms with van der Waals surface area (Å²) in [7, 11) is 3.14. The third-order valence-corrected chi connectivity index (χ3v) is 4.80. The Morgan fingerprint density at radius 2 is 1.72 bits per heavy atom. The van der Waals surface area contributed by atoms with E-state index < -0.39 is 0 Å². The number of rotatable bonds is 8. The van der Waals surface area contributed by atoms with Gasteiger partial charge in [0.15, 0.2) is 0 Å². The molecule has 1 N–H and O–H groups in total. The first-order valence-electron chi connectivity index (χ1n) is 9.30. The van der Waals surface area contributed by atoms with Gasteiger partial charge in [-0.3, -0.25) is 9.69 Å². The first kappa shape index (κ1) is 19.6. The fraction of sp³-hybridized carbons (Fsp3) is 0.650. The van der Waals surface area contributed by atoms with Crippen LogP contribution in [-0.4, -0.2) is 50.7 Å². The second kappa shape index (κ2) is 9.66. The summed E-state index contributed by atoms with van der Waals surface area (Å²) < 4.78 is 10.7. The second-order valence-electron chi connectivity index (χ2n) is 7.13. The van der Waals surface area contributed by atoms with Crippen molar-refractivity contribution in [3.63, 3.8) is 0 Å². The molecule has 0 aliphatic carbocycles. The number of carbonyl (C=O) groups is 1. The summed E-state index contributed by atoms with van der Waals surface area (Å²) in [6, 6.07) is 5.77. The lowest BCUT2D eigenvalue weighted by molar-refractivity contribution is 0.0907. The van der Waals surface area contributed by atoms with E-state index in [0.29, 0.717) is 35.6 Å². The second-order valence-corrected chi connectivity index (χ2v) is 7.13. The van der Waals surface area contributed by atoms with Gasteiger partial charge in [-0.15, -0.1) is 0 Å². The Morgan fingerprint density at radius 1 is 1.12 bits per heavy atom. The largest absolute Gasteiger partial charge is 0.496 e. The van der Waals surface area contributed by atoms with Gasteiger partial charge in [0.1, 0.15) is 17.1 Å². The fourth-order valence-electron chi connectivity index (χ4n) is 3.56. The Morgan fingerprint density at radius 3 is 2.24 bits per heavy atom. The number of carbonyl (C=O) groups excluding carboxylic acids is 1. The topological polar surface area (TPSA) is 50.8 Å². The molecule has 1 atom stereocenters. The SMILES string of the molecule is COc1cccc(OC)c1C(=O)NCC(CC(C)C)N1CCCCC1. The van der Waals surface area contributed by atoms with Crippen LogP contribution in [0.1, 0.15) is 49.9 Å². The molecular weight excluding hydrogens is 316 g/mol. The van der Waals surface area contributed by atoms with Gasteiger partial charge in [0.25, 0.3) is 5.91 Å². The fourth-order valence-corrected chi connectivity index (χ4v) is 3.56. The van der Waals surface area contributed by atoms with Crippen LogP contribution in [0.4, 0.5) is 0 Å².